The molecule has 0 bridgehead atoms. The number of fused-ring (bicyclic) bond motifs is 1. The number of carbonyl (C=O) groups excluding carboxylic acids is 1. The van der Waals surface area contributed by atoms with Gasteiger partial charge in [0.2, 0.25) is 5.91 Å². The Morgan fingerprint density at radius 3 is 2.85 bits per heavy atom. The number of rotatable bonds is 5. The Bertz CT molecular complexity index is 1010. The zero-order chi connectivity index (χ0) is 18.6. The molecule has 1 aromatic carbocycles. The lowest BCUT2D eigenvalue weighted by Gasteiger charge is -2.26. The van der Waals surface area contributed by atoms with E-state index in [1.165, 1.54) is 34.5 Å². The monoisotopic (exact) mass is 399 g/mol. The summed E-state index contributed by atoms with van der Waals surface area (Å²) < 4.78 is 2.50. The van der Waals surface area contributed by atoms with E-state index in [1.54, 1.807) is 6.20 Å². The Hall–Kier alpha value is -2.09. The minimum Gasteiger partial charge on any atom is -0.337 e. The first-order valence-electron chi connectivity index (χ1n) is 8.94. The second-order valence-electron chi connectivity index (χ2n) is 6.58. The van der Waals surface area contributed by atoms with Crippen LogP contribution in [0.2, 0.25) is 0 Å². The third-order valence-corrected chi connectivity index (χ3v) is 6.48. The van der Waals surface area contributed by atoms with Crippen LogP contribution in [0, 0.1) is 0 Å². The summed E-state index contributed by atoms with van der Waals surface area (Å²) in [6.45, 7) is 3.33. The number of benzene rings is 1. The van der Waals surface area contributed by atoms with Crippen molar-refractivity contribution in [3.05, 3.63) is 63.8 Å². The number of aromatic nitrogens is 1. The molecule has 140 valence electrons. The van der Waals surface area contributed by atoms with Crippen LogP contribution in [-0.2, 0) is 17.9 Å². The molecule has 27 heavy (non-hydrogen) atoms. The number of hydrogen-bond donors (Lipinski definition) is 1. The van der Waals surface area contributed by atoms with Crippen molar-refractivity contribution in [1.82, 2.24) is 9.47 Å². The average Bonchev–Trinajstić information content (AvgIpc) is 3.16. The summed E-state index contributed by atoms with van der Waals surface area (Å²) in [5.41, 5.74) is 2.83. The number of carbonyl (C=O) groups is 1. The first-order chi connectivity index (χ1) is 13.2. The van der Waals surface area contributed by atoms with Crippen molar-refractivity contribution in [2.24, 2.45) is 0 Å². The highest BCUT2D eigenvalue weighted by molar-refractivity contribution is 7.99. The van der Waals surface area contributed by atoms with Gasteiger partial charge in [-0.15, -0.1) is 11.3 Å². The van der Waals surface area contributed by atoms with Crippen LogP contribution in [0.4, 0.5) is 5.69 Å². The number of thioether (sulfide) groups is 1. The van der Waals surface area contributed by atoms with E-state index in [2.05, 4.69) is 16.3 Å². The molecule has 1 saturated heterocycles. The summed E-state index contributed by atoms with van der Waals surface area (Å²) in [5.74, 6) is 2.28. The minimum absolute atomic E-state index is 0.000437. The minimum atomic E-state index is -0.0994. The van der Waals surface area contributed by atoms with Gasteiger partial charge < -0.3 is 9.88 Å². The molecule has 0 unspecified atom stereocenters. The van der Waals surface area contributed by atoms with Gasteiger partial charge in [-0.25, -0.2) is 0 Å². The van der Waals surface area contributed by atoms with Crippen LogP contribution in [0.25, 0.3) is 10.2 Å². The molecule has 0 spiro atoms. The highest BCUT2D eigenvalue weighted by atomic mass is 32.2. The van der Waals surface area contributed by atoms with E-state index in [9.17, 15) is 9.59 Å². The Balaban J connectivity index is 1.43. The first kappa shape index (κ1) is 18.3. The molecule has 7 heteroatoms. The molecule has 1 amide bonds. The topological polar surface area (TPSA) is 54.3 Å². The lowest BCUT2D eigenvalue weighted by atomic mass is 10.2. The number of amides is 1. The smallest absolute Gasteiger partial charge is 0.244 e. The van der Waals surface area contributed by atoms with Crippen LogP contribution in [0.5, 0.6) is 0 Å². The summed E-state index contributed by atoms with van der Waals surface area (Å²) in [6.07, 6.45) is 1.68. The Labute approximate surface area is 166 Å². The van der Waals surface area contributed by atoms with Gasteiger partial charge in [0.05, 0.1) is 10.2 Å². The maximum atomic E-state index is 12.5. The molecule has 0 atom stereocenters. The molecular formula is C20H21N3O2S2. The van der Waals surface area contributed by atoms with Gasteiger partial charge in [0.1, 0.15) is 6.54 Å². The SMILES string of the molecule is O=C(Cn1ccc(=O)c2sccc21)Nc1cccc(CN2CCSCC2)c1. The van der Waals surface area contributed by atoms with Gasteiger partial charge in [-0.05, 0) is 29.1 Å². The van der Waals surface area contributed by atoms with Crippen molar-refractivity contribution in [3.63, 3.8) is 0 Å². The van der Waals surface area contributed by atoms with Gasteiger partial charge in [-0.1, -0.05) is 12.1 Å². The lowest BCUT2D eigenvalue weighted by molar-refractivity contribution is -0.116. The lowest BCUT2D eigenvalue weighted by Crippen LogP contribution is -2.31. The normalized spacial score (nSPS) is 15.1. The number of anilines is 1. The van der Waals surface area contributed by atoms with Crippen LogP contribution in [0.3, 0.4) is 0 Å². The van der Waals surface area contributed by atoms with E-state index in [0.29, 0.717) is 4.70 Å². The zero-order valence-electron chi connectivity index (χ0n) is 14.9. The summed E-state index contributed by atoms with van der Waals surface area (Å²) in [4.78, 5) is 26.8. The van der Waals surface area contributed by atoms with Crippen LogP contribution in [0.15, 0.2) is 52.8 Å². The molecule has 0 radical (unpaired) electrons. The maximum Gasteiger partial charge on any atom is 0.244 e. The third-order valence-electron chi connectivity index (χ3n) is 4.62. The molecule has 0 saturated carbocycles. The van der Waals surface area contributed by atoms with E-state index in [0.717, 1.165) is 30.8 Å². The van der Waals surface area contributed by atoms with Gasteiger partial charge in [0.25, 0.3) is 0 Å². The number of thiophene rings is 1. The number of nitrogens with zero attached hydrogens (tertiary/aromatic N) is 2. The van der Waals surface area contributed by atoms with Crippen LogP contribution >= 0.6 is 23.1 Å². The van der Waals surface area contributed by atoms with Crippen LogP contribution in [0.1, 0.15) is 5.56 Å². The number of hydrogen-bond acceptors (Lipinski definition) is 5. The van der Waals surface area contributed by atoms with E-state index in [4.69, 9.17) is 0 Å². The maximum absolute atomic E-state index is 12.5. The molecule has 4 rings (SSSR count). The molecule has 1 aliphatic heterocycles. The second kappa shape index (κ2) is 8.29. The summed E-state index contributed by atoms with van der Waals surface area (Å²) in [5, 5.41) is 4.86. The van der Waals surface area contributed by atoms with Crippen molar-refractivity contribution in [2.75, 3.05) is 29.9 Å². The van der Waals surface area contributed by atoms with Gasteiger partial charge in [-0.3, -0.25) is 14.5 Å². The van der Waals surface area contributed by atoms with Gasteiger partial charge in [0.15, 0.2) is 5.43 Å². The summed E-state index contributed by atoms with van der Waals surface area (Å²) >= 11 is 3.41. The predicted octanol–water partition coefficient (Wildman–Crippen LogP) is 3.25. The van der Waals surface area contributed by atoms with Crippen LogP contribution in [-0.4, -0.2) is 40.0 Å². The quantitative estimate of drug-likeness (QED) is 0.716. The fraction of sp³-hybridized carbons (Fsp3) is 0.300. The van der Waals surface area contributed by atoms with Gasteiger partial charge in [-0.2, -0.15) is 11.8 Å². The van der Waals surface area contributed by atoms with Gasteiger partial charge >= 0.3 is 0 Å². The zero-order valence-corrected chi connectivity index (χ0v) is 16.5. The average molecular weight is 400 g/mol. The molecular weight excluding hydrogens is 378 g/mol. The standard InChI is InChI=1S/C20H21N3O2S2/c24-18-4-6-23(17-5-9-27-20(17)18)14-19(25)21-16-3-1-2-15(12-16)13-22-7-10-26-11-8-22/h1-6,9,12H,7-8,10-11,13-14H2,(H,21,25). The third kappa shape index (κ3) is 4.43. The largest absolute Gasteiger partial charge is 0.337 e. The Morgan fingerprint density at radius 2 is 2.00 bits per heavy atom. The van der Waals surface area contributed by atoms with E-state index in [-0.39, 0.29) is 17.9 Å². The van der Waals surface area contributed by atoms with E-state index < -0.39 is 0 Å². The van der Waals surface area contributed by atoms with Crippen molar-refractivity contribution >= 4 is 44.9 Å². The summed E-state index contributed by atoms with van der Waals surface area (Å²) in [6, 6.07) is 11.5. The van der Waals surface area contributed by atoms with Crippen molar-refractivity contribution in [1.29, 1.82) is 0 Å². The molecule has 1 N–H and O–H groups in total. The molecule has 1 fully saturated rings. The van der Waals surface area contributed by atoms with Gasteiger partial charge in [0, 0.05) is 49.1 Å². The first-order valence-corrected chi connectivity index (χ1v) is 11.0. The number of nitrogens with one attached hydrogen (secondary N) is 1. The predicted molar refractivity (Wildman–Crippen MR) is 114 cm³/mol. The molecule has 2 aromatic heterocycles. The van der Waals surface area contributed by atoms with Crippen molar-refractivity contribution < 1.29 is 4.79 Å². The molecule has 1 aliphatic rings. The number of pyridine rings is 1. The van der Waals surface area contributed by atoms with E-state index in [1.807, 2.05) is 46.0 Å². The molecule has 3 heterocycles. The van der Waals surface area contributed by atoms with Crippen molar-refractivity contribution in [3.8, 4) is 0 Å². The fourth-order valence-corrected chi connectivity index (χ4v) is 5.09. The highest BCUT2D eigenvalue weighted by Crippen LogP contribution is 2.18. The molecule has 3 aromatic rings. The molecule has 5 nitrogen and oxygen atoms in total. The molecule has 0 aliphatic carbocycles. The van der Waals surface area contributed by atoms with Crippen LogP contribution < -0.4 is 10.7 Å². The summed E-state index contributed by atoms with van der Waals surface area (Å²) in [7, 11) is 0. The van der Waals surface area contributed by atoms with Crippen molar-refractivity contribution in [2.45, 2.75) is 13.1 Å². The fourth-order valence-electron chi connectivity index (χ4n) is 3.28. The highest BCUT2D eigenvalue weighted by Gasteiger charge is 2.12. The van der Waals surface area contributed by atoms with E-state index >= 15 is 0 Å². The Kier molecular flexibility index (Phi) is 5.61. The Morgan fingerprint density at radius 1 is 1.15 bits per heavy atom. The second-order valence-corrected chi connectivity index (χ2v) is 8.72.